The molecular weight excluding hydrogens is 380 g/mol. The summed E-state index contributed by atoms with van der Waals surface area (Å²) in [5, 5.41) is 12.9. The van der Waals surface area contributed by atoms with Crippen molar-refractivity contribution in [3.63, 3.8) is 0 Å². The topological polar surface area (TPSA) is 35.8 Å². The molecule has 0 saturated carbocycles. The zero-order valence-corrected chi connectivity index (χ0v) is 16.8. The highest BCUT2D eigenvalue weighted by Gasteiger charge is 2.49. The van der Waals surface area contributed by atoms with Crippen molar-refractivity contribution in [2.24, 2.45) is 4.99 Å². The molecule has 4 heteroatoms. The number of anilines is 1. The second-order valence-corrected chi connectivity index (χ2v) is 8.01. The number of hydrogen-bond acceptors (Lipinski definition) is 3. The summed E-state index contributed by atoms with van der Waals surface area (Å²) < 4.78 is 0. The molecule has 2 aliphatic heterocycles. The summed E-state index contributed by atoms with van der Waals surface area (Å²) in [6.07, 6.45) is 4.04. The number of hydrogen-bond donors (Lipinski definition) is 1. The van der Waals surface area contributed by atoms with Gasteiger partial charge in [0.05, 0.1) is 11.7 Å². The fraction of sp³-hybridized carbons (Fsp3) is 0.160. The number of rotatable bonds is 3. The lowest BCUT2D eigenvalue weighted by molar-refractivity contribution is 0.0489. The highest BCUT2D eigenvalue weighted by molar-refractivity contribution is 6.31. The number of fused-ring (bicyclic) bond motifs is 3. The Labute approximate surface area is 175 Å². The van der Waals surface area contributed by atoms with Crippen LogP contribution < -0.4 is 4.90 Å². The van der Waals surface area contributed by atoms with E-state index in [9.17, 15) is 5.11 Å². The average molecular weight is 401 g/mol. The molecule has 0 amide bonds. The van der Waals surface area contributed by atoms with Gasteiger partial charge in [-0.15, -0.1) is 0 Å². The molecule has 0 fully saturated rings. The van der Waals surface area contributed by atoms with Crippen LogP contribution in [0.25, 0.3) is 6.08 Å². The Morgan fingerprint density at radius 3 is 2.14 bits per heavy atom. The van der Waals surface area contributed by atoms with Gasteiger partial charge in [0.25, 0.3) is 0 Å². The molecule has 0 saturated heterocycles. The molecule has 0 bridgehead atoms. The third kappa shape index (κ3) is 2.81. The van der Waals surface area contributed by atoms with Crippen LogP contribution in [0.2, 0.25) is 5.02 Å². The molecule has 2 aliphatic rings. The van der Waals surface area contributed by atoms with E-state index in [4.69, 9.17) is 16.6 Å². The summed E-state index contributed by atoms with van der Waals surface area (Å²) in [7, 11) is 0. The molecule has 3 aromatic carbocycles. The molecule has 0 aromatic heterocycles. The minimum absolute atomic E-state index is 0.0414. The van der Waals surface area contributed by atoms with Gasteiger partial charge in [-0.05, 0) is 54.0 Å². The number of halogens is 1. The lowest BCUT2D eigenvalue weighted by atomic mass is 9.78. The Hall–Kier alpha value is -2.88. The second-order valence-electron chi connectivity index (χ2n) is 7.58. The van der Waals surface area contributed by atoms with Gasteiger partial charge in [-0.2, -0.15) is 0 Å². The zero-order chi connectivity index (χ0) is 20.0. The van der Waals surface area contributed by atoms with Gasteiger partial charge >= 0.3 is 0 Å². The summed E-state index contributed by atoms with van der Waals surface area (Å²) >= 11 is 6.19. The quantitative estimate of drug-likeness (QED) is 0.649. The molecule has 144 valence electrons. The lowest BCUT2D eigenvalue weighted by Gasteiger charge is -2.38. The smallest absolute Gasteiger partial charge is 0.139 e. The SMILES string of the molecule is C[C@H]1C(C(O)(c2ccccc2)c2ccccc2)N=C2C=Cc3cc(Cl)ccc3N21. The van der Waals surface area contributed by atoms with E-state index in [0.717, 1.165) is 28.2 Å². The van der Waals surface area contributed by atoms with E-state index in [2.05, 4.69) is 11.8 Å². The predicted octanol–water partition coefficient (Wildman–Crippen LogP) is 5.28. The standard InChI is InChI=1S/C25H21ClN2O/c1-17-24(27-23-15-12-18-16-21(26)13-14-22(18)28(17)23)25(29,19-8-4-2-5-9-19)20-10-6-3-7-11-20/h2-17,24,29H,1H3/t17-,24?/m0/s1. The predicted molar refractivity (Wildman–Crippen MR) is 120 cm³/mol. The van der Waals surface area contributed by atoms with Gasteiger partial charge < -0.3 is 10.0 Å². The summed E-state index contributed by atoms with van der Waals surface area (Å²) in [4.78, 5) is 7.21. The summed E-state index contributed by atoms with van der Waals surface area (Å²) in [5.41, 5.74) is 2.56. The van der Waals surface area contributed by atoms with E-state index < -0.39 is 5.60 Å². The maximum Gasteiger partial charge on any atom is 0.139 e. The van der Waals surface area contributed by atoms with Gasteiger partial charge in [0.15, 0.2) is 0 Å². The minimum Gasteiger partial charge on any atom is -0.378 e. The van der Waals surface area contributed by atoms with E-state index in [1.807, 2.05) is 91.0 Å². The van der Waals surface area contributed by atoms with Crippen molar-refractivity contribution < 1.29 is 5.11 Å². The Balaban J connectivity index is 1.65. The molecule has 0 radical (unpaired) electrons. The van der Waals surface area contributed by atoms with E-state index in [1.165, 1.54) is 0 Å². The van der Waals surface area contributed by atoms with Gasteiger partial charge in [-0.25, -0.2) is 0 Å². The molecule has 0 aliphatic carbocycles. The Morgan fingerprint density at radius 1 is 0.897 bits per heavy atom. The molecule has 29 heavy (non-hydrogen) atoms. The maximum absolute atomic E-state index is 12.2. The molecule has 5 rings (SSSR count). The molecule has 1 N–H and O–H groups in total. The van der Waals surface area contributed by atoms with E-state index in [1.54, 1.807) is 0 Å². The first-order chi connectivity index (χ1) is 14.1. The third-order valence-corrected chi connectivity index (χ3v) is 6.13. The van der Waals surface area contributed by atoms with Crippen LogP contribution in [-0.4, -0.2) is 23.0 Å². The van der Waals surface area contributed by atoms with Crippen molar-refractivity contribution in [1.82, 2.24) is 0 Å². The Bertz CT molecular complexity index is 1070. The molecule has 3 nitrogen and oxygen atoms in total. The monoisotopic (exact) mass is 400 g/mol. The van der Waals surface area contributed by atoms with E-state index >= 15 is 0 Å². The second kappa shape index (κ2) is 6.87. The van der Waals surface area contributed by atoms with Crippen LogP contribution in [0.1, 0.15) is 23.6 Å². The van der Waals surface area contributed by atoms with Crippen LogP contribution >= 0.6 is 11.6 Å². The fourth-order valence-corrected chi connectivity index (χ4v) is 4.69. The summed E-state index contributed by atoms with van der Waals surface area (Å²) in [5.74, 6) is 0.864. The van der Waals surface area contributed by atoms with Crippen molar-refractivity contribution in [2.75, 3.05) is 4.90 Å². The highest BCUT2D eigenvalue weighted by Crippen LogP contribution is 2.43. The van der Waals surface area contributed by atoms with Crippen molar-refractivity contribution in [2.45, 2.75) is 24.6 Å². The molecule has 2 heterocycles. The number of aliphatic imine (C=N–C) groups is 1. The molecule has 0 spiro atoms. The number of benzene rings is 3. The van der Waals surface area contributed by atoms with Crippen LogP contribution in [0, 0.1) is 0 Å². The first-order valence-corrected chi connectivity index (χ1v) is 10.1. The van der Waals surface area contributed by atoms with Crippen LogP contribution in [0.3, 0.4) is 0 Å². The molecule has 3 aromatic rings. The van der Waals surface area contributed by atoms with Crippen molar-refractivity contribution in [1.29, 1.82) is 0 Å². The summed E-state index contributed by atoms with van der Waals surface area (Å²) in [6.45, 7) is 2.12. The van der Waals surface area contributed by atoms with Crippen LogP contribution in [-0.2, 0) is 5.60 Å². The van der Waals surface area contributed by atoms with Crippen LogP contribution in [0.4, 0.5) is 5.69 Å². The van der Waals surface area contributed by atoms with Gasteiger partial charge in [-0.1, -0.05) is 72.3 Å². The maximum atomic E-state index is 12.2. The highest BCUT2D eigenvalue weighted by atomic mass is 35.5. The lowest BCUT2D eigenvalue weighted by Crippen LogP contribution is -2.48. The Morgan fingerprint density at radius 2 is 1.52 bits per heavy atom. The zero-order valence-electron chi connectivity index (χ0n) is 16.0. The number of amidine groups is 1. The molecule has 1 unspecified atom stereocenters. The number of aliphatic hydroxyl groups is 1. The van der Waals surface area contributed by atoms with Crippen LogP contribution in [0.15, 0.2) is 89.9 Å². The van der Waals surface area contributed by atoms with Crippen molar-refractivity contribution in [3.05, 3.63) is 107 Å². The van der Waals surface area contributed by atoms with Gasteiger partial charge in [0.1, 0.15) is 17.5 Å². The molecule has 2 atom stereocenters. The van der Waals surface area contributed by atoms with Gasteiger partial charge in [0.2, 0.25) is 0 Å². The van der Waals surface area contributed by atoms with Crippen LogP contribution in [0.5, 0.6) is 0 Å². The average Bonchev–Trinajstić information content (AvgIpc) is 3.11. The van der Waals surface area contributed by atoms with E-state index in [-0.39, 0.29) is 12.1 Å². The largest absolute Gasteiger partial charge is 0.378 e. The van der Waals surface area contributed by atoms with Gasteiger partial charge in [0, 0.05) is 5.02 Å². The third-order valence-electron chi connectivity index (χ3n) is 5.90. The van der Waals surface area contributed by atoms with Crippen molar-refractivity contribution >= 4 is 29.2 Å². The number of nitrogens with zero attached hydrogens (tertiary/aromatic N) is 2. The first kappa shape index (κ1) is 18.2. The van der Waals surface area contributed by atoms with Gasteiger partial charge in [-0.3, -0.25) is 4.99 Å². The fourth-order valence-electron chi connectivity index (χ4n) is 4.51. The van der Waals surface area contributed by atoms with Crippen molar-refractivity contribution in [3.8, 4) is 0 Å². The van der Waals surface area contributed by atoms with E-state index in [0.29, 0.717) is 5.02 Å². The molecular formula is C25H21ClN2O. The summed E-state index contributed by atoms with van der Waals surface area (Å²) in [6, 6.07) is 25.1. The Kier molecular flexibility index (Phi) is 4.30. The minimum atomic E-state index is -1.24. The first-order valence-electron chi connectivity index (χ1n) is 9.77. The normalized spacial score (nSPS) is 20.2.